The summed E-state index contributed by atoms with van der Waals surface area (Å²) in [7, 11) is -1.02. The van der Waals surface area contributed by atoms with E-state index in [1.807, 2.05) is 30.3 Å². The van der Waals surface area contributed by atoms with Crippen molar-refractivity contribution in [2.24, 2.45) is 0 Å². The van der Waals surface area contributed by atoms with Gasteiger partial charge in [0.2, 0.25) is 26.6 Å². The molecule has 192 valence electrons. The lowest BCUT2D eigenvalue weighted by atomic mass is 10.1. The predicted octanol–water partition coefficient (Wildman–Crippen LogP) is 4.62. The van der Waals surface area contributed by atoms with Crippen molar-refractivity contribution in [1.82, 2.24) is 4.98 Å². The molecule has 0 saturated carbocycles. The summed E-state index contributed by atoms with van der Waals surface area (Å²) < 4.78 is 55.3. The van der Waals surface area contributed by atoms with E-state index in [4.69, 9.17) is 23.4 Å². The lowest BCUT2D eigenvalue weighted by molar-refractivity contribution is 0.171. The van der Waals surface area contributed by atoms with Crippen LogP contribution in [0.3, 0.4) is 0 Å². The van der Waals surface area contributed by atoms with Crippen LogP contribution < -0.4 is 24.3 Å². The number of hydrogen-bond acceptors (Lipinski definition) is 9. The summed E-state index contributed by atoms with van der Waals surface area (Å²) in [4.78, 5) is 4.43. The Morgan fingerprint density at radius 2 is 1.65 bits per heavy atom. The molecule has 4 aromatic rings. The molecule has 1 aliphatic heterocycles. The van der Waals surface area contributed by atoms with Crippen molar-refractivity contribution in [3.05, 3.63) is 72.3 Å². The Morgan fingerprint density at radius 1 is 0.892 bits per heavy atom. The van der Waals surface area contributed by atoms with Crippen molar-refractivity contribution in [3.63, 3.8) is 0 Å². The minimum absolute atomic E-state index is 0.0232. The van der Waals surface area contributed by atoms with E-state index in [1.54, 1.807) is 24.3 Å². The number of benzene rings is 3. The highest BCUT2D eigenvalue weighted by Crippen LogP contribution is 2.38. The molecule has 0 atom stereocenters. The Hall–Kier alpha value is -4.18. The largest absolute Gasteiger partial charge is 0.493 e. The first-order valence-electron chi connectivity index (χ1n) is 11.7. The minimum atomic E-state index is -4.07. The van der Waals surface area contributed by atoms with Gasteiger partial charge in [0.15, 0.2) is 23.0 Å². The fourth-order valence-corrected chi connectivity index (χ4v) is 5.25. The molecule has 0 spiro atoms. The molecule has 1 aliphatic rings. The third kappa shape index (κ3) is 5.05. The fourth-order valence-electron chi connectivity index (χ4n) is 3.96. The number of oxazole rings is 1. The summed E-state index contributed by atoms with van der Waals surface area (Å²) in [5.74, 6) is 2.04. The number of methoxy groups -OCH3 is 2. The van der Waals surface area contributed by atoms with Crippen LogP contribution in [0.4, 0.5) is 5.88 Å². The monoisotopic (exact) mass is 522 g/mol. The highest BCUT2D eigenvalue weighted by molar-refractivity contribution is 7.91. The van der Waals surface area contributed by atoms with E-state index in [2.05, 4.69) is 10.3 Å². The van der Waals surface area contributed by atoms with Crippen LogP contribution in [0.15, 0.2) is 81.1 Å². The summed E-state index contributed by atoms with van der Waals surface area (Å²) in [6.07, 6.45) is 0.663. The highest BCUT2D eigenvalue weighted by atomic mass is 32.2. The summed E-state index contributed by atoms with van der Waals surface area (Å²) >= 11 is 0. The molecule has 5 rings (SSSR count). The minimum Gasteiger partial charge on any atom is -0.493 e. The molecule has 3 aromatic carbocycles. The van der Waals surface area contributed by atoms with E-state index >= 15 is 0 Å². The normalized spacial score (nSPS) is 12.7. The second-order valence-electron chi connectivity index (χ2n) is 8.19. The van der Waals surface area contributed by atoms with Crippen molar-refractivity contribution < 1.29 is 31.8 Å². The van der Waals surface area contributed by atoms with Crippen molar-refractivity contribution in [2.45, 2.75) is 16.3 Å². The average Bonchev–Trinajstić information content (AvgIpc) is 3.38. The third-order valence-corrected chi connectivity index (χ3v) is 7.51. The molecule has 0 saturated heterocycles. The zero-order valence-corrected chi connectivity index (χ0v) is 21.2. The van der Waals surface area contributed by atoms with Gasteiger partial charge in [-0.2, -0.15) is 4.98 Å². The molecule has 9 nitrogen and oxygen atoms in total. The van der Waals surface area contributed by atoms with Gasteiger partial charge in [0, 0.05) is 18.2 Å². The second-order valence-corrected chi connectivity index (χ2v) is 10.1. The van der Waals surface area contributed by atoms with Gasteiger partial charge in [-0.1, -0.05) is 30.3 Å². The summed E-state index contributed by atoms with van der Waals surface area (Å²) in [6.45, 7) is 1.19. The second kappa shape index (κ2) is 10.4. The van der Waals surface area contributed by atoms with Gasteiger partial charge in [-0.3, -0.25) is 0 Å². The van der Waals surface area contributed by atoms with Gasteiger partial charge in [-0.05, 0) is 42.3 Å². The molecule has 0 bridgehead atoms. The number of anilines is 1. The maximum absolute atomic E-state index is 13.7. The van der Waals surface area contributed by atoms with E-state index in [0.717, 1.165) is 5.56 Å². The summed E-state index contributed by atoms with van der Waals surface area (Å²) in [5, 5.41) is 2.90. The molecule has 37 heavy (non-hydrogen) atoms. The Bertz CT molecular complexity index is 1500. The van der Waals surface area contributed by atoms with Crippen LogP contribution in [-0.4, -0.2) is 47.4 Å². The van der Waals surface area contributed by atoms with Gasteiger partial charge in [0.25, 0.3) is 0 Å². The molecule has 0 amide bonds. The molecule has 1 N–H and O–H groups in total. The summed E-state index contributed by atoms with van der Waals surface area (Å²) in [5.41, 5.74) is 1.64. The Labute approximate surface area is 214 Å². The van der Waals surface area contributed by atoms with Crippen molar-refractivity contribution in [1.29, 1.82) is 0 Å². The Kier molecular flexibility index (Phi) is 6.91. The lowest BCUT2D eigenvalue weighted by Crippen LogP contribution is -2.16. The van der Waals surface area contributed by atoms with Crippen LogP contribution in [0.1, 0.15) is 5.56 Å². The number of aromatic nitrogens is 1. The quantitative estimate of drug-likeness (QED) is 0.337. The average molecular weight is 523 g/mol. The van der Waals surface area contributed by atoms with Gasteiger partial charge in [-0.15, -0.1) is 0 Å². The molecular formula is C27H26N2O7S. The number of fused-ring (bicyclic) bond motifs is 1. The molecular weight excluding hydrogens is 496 g/mol. The SMILES string of the molecule is COc1ccc(-c2nc(S(=O)(=O)c3ccc4c(c3)OCCO4)c(NCCc3ccccc3)o2)cc1OC. The first kappa shape index (κ1) is 24.5. The van der Waals surface area contributed by atoms with E-state index < -0.39 is 9.84 Å². The van der Waals surface area contributed by atoms with Crippen LogP contribution in [-0.2, 0) is 16.3 Å². The lowest BCUT2D eigenvalue weighted by Gasteiger charge is -2.18. The van der Waals surface area contributed by atoms with E-state index in [1.165, 1.54) is 26.4 Å². The number of sulfone groups is 1. The predicted molar refractivity (Wildman–Crippen MR) is 137 cm³/mol. The van der Waals surface area contributed by atoms with Gasteiger partial charge in [0.05, 0.1) is 19.1 Å². The maximum Gasteiger partial charge on any atom is 0.233 e. The van der Waals surface area contributed by atoms with E-state index in [-0.39, 0.29) is 21.7 Å². The third-order valence-electron chi connectivity index (χ3n) is 5.85. The maximum atomic E-state index is 13.7. The zero-order valence-electron chi connectivity index (χ0n) is 20.4. The number of nitrogens with zero attached hydrogens (tertiary/aromatic N) is 1. The van der Waals surface area contributed by atoms with E-state index in [0.29, 0.717) is 54.7 Å². The van der Waals surface area contributed by atoms with E-state index in [9.17, 15) is 8.42 Å². The molecule has 0 unspecified atom stereocenters. The van der Waals surface area contributed by atoms with Gasteiger partial charge in [0.1, 0.15) is 13.2 Å². The fraction of sp³-hybridized carbons (Fsp3) is 0.222. The number of ether oxygens (including phenoxy) is 4. The molecule has 2 heterocycles. The van der Waals surface area contributed by atoms with Gasteiger partial charge < -0.3 is 28.7 Å². The first-order chi connectivity index (χ1) is 18.0. The molecule has 1 aromatic heterocycles. The van der Waals surface area contributed by atoms with Gasteiger partial charge in [-0.25, -0.2) is 8.42 Å². The van der Waals surface area contributed by atoms with Crippen LogP contribution in [0, 0.1) is 0 Å². The molecule has 0 fully saturated rings. The Morgan fingerprint density at radius 3 is 2.41 bits per heavy atom. The molecule has 0 radical (unpaired) electrons. The molecule has 10 heteroatoms. The number of rotatable bonds is 9. The number of nitrogens with one attached hydrogen (secondary N) is 1. The zero-order chi connectivity index (χ0) is 25.8. The van der Waals surface area contributed by atoms with Crippen molar-refractivity contribution >= 4 is 15.7 Å². The highest BCUT2D eigenvalue weighted by Gasteiger charge is 2.30. The van der Waals surface area contributed by atoms with Crippen LogP contribution in [0.2, 0.25) is 0 Å². The smallest absolute Gasteiger partial charge is 0.233 e. The molecule has 0 aliphatic carbocycles. The Balaban J connectivity index is 1.52. The van der Waals surface area contributed by atoms with Crippen LogP contribution in [0.5, 0.6) is 23.0 Å². The van der Waals surface area contributed by atoms with Crippen LogP contribution >= 0.6 is 0 Å². The topological polar surface area (TPSA) is 109 Å². The summed E-state index contributed by atoms with van der Waals surface area (Å²) in [6, 6.07) is 19.5. The van der Waals surface area contributed by atoms with Crippen molar-refractivity contribution in [3.8, 4) is 34.5 Å². The first-order valence-corrected chi connectivity index (χ1v) is 13.1. The van der Waals surface area contributed by atoms with Gasteiger partial charge >= 0.3 is 0 Å². The standard InChI is InChI=1S/C27H26N2O7S/c1-32-21-10-8-19(16-23(21)33-2)25-29-27(26(36-25)28-13-12-18-6-4-3-5-7-18)37(30,31)20-9-11-22-24(17-20)35-15-14-34-22/h3-11,16-17,28H,12-15H2,1-2H3. The van der Waals surface area contributed by atoms with Crippen LogP contribution in [0.25, 0.3) is 11.5 Å². The number of hydrogen-bond donors (Lipinski definition) is 1. The van der Waals surface area contributed by atoms with Crippen molar-refractivity contribution in [2.75, 3.05) is 39.3 Å².